The summed E-state index contributed by atoms with van der Waals surface area (Å²) < 4.78 is 5.45. The summed E-state index contributed by atoms with van der Waals surface area (Å²) in [6.07, 6.45) is 2.37. The quantitative estimate of drug-likeness (QED) is 0.522. The van der Waals surface area contributed by atoms with E-state index in [9.17, 15) is 9.59 Å². The molecule has 0 unspecified atom stereocenters. The molecule has 0 radical (unpaired) electrons. The van der Waals surface area contributed by atoms with Crippen molar-refractivity contribution in [3.05, 3.63) is 39.7 Å². The van der Waals surface area contributed by atoms with Crippen molar-refractivity contribution in [1.29, 1.82) is 0 Å². The summed E-state index contributed by atoms with van der Waals surface area (Å²) in [5.41, 5.74) is 5.07. The highest BCUT2D eigenvalue weighted by molar-refractivity contribution is 5.89. The molecule has 1 aromatic heterocycles. The van der Waals surface area contributed by atoms with Crippen molar-refractivity contribution >= 4 is 28.8 Å². The Bertz CT molecular complexity index is 896. The first kappa shape index (κ1) is 16.2. The number of nitrogens with zero attached hydrogens (tertiary/aromatic N) is 2. The third-order valence-electron chi connectivity index (χ3n) is 4.52. The number of carbonyl (C=O) groups is 1. The average molecular weight is 327 g/mol. The molecule has 2 aromatic rings. The summed E-state index contributed by atoms with van der Waals surface area (Å²) in [7, 11) is 2.05. The van der Waals surface area contributed by atoms with Crippen LogP contribution < -0.4 is 16.0 Å². The molecule has 0 saturated carbocycles. The van der Waals surface area contributed by atoms with Crippen molar-refractivity contribution in [1.82, 2.24) is 5.43 Å². The van der Waals surface area contributed by atoms with Crippen LogP contribution in [0.25, 0.3) is 11.0 Å². The van der Waals surface area contributed by atoms with Crippen LogP contribution in [0, 0.1) is 0 Å². The Morgan fingerprint density at radius 1 is 1.38 bits per heavy atom. The SMILES string of the molecule is CC(=O)N/N=C/c1cc2cc3c(cc2oc1=O)N(C)CCC3(C)C. The lowest BCUT2D eigenvalue weighted by atomic mass is 9.77. The maximum Gasteiger partial charge on any atom is 0.345 e. The fraction of sp³-hybridized carbons (Fsp3) is 0.389. The van der Waals surface area contributed by atoms with Crippen molar-refractivity contribution in [2.24, 2.45) is 5.10 Å². The van der Waals surface area contributed by atoms with Crippen LogP contribution in [0.4, 0.5) is 5.69 Å². The van der Waals surface area contributed by atoms with E-state index in [1.54, 1.807) is 6.07 Å². The number of hydrogen-bond acceptors (Lipinski definition) is 5. The fourth-order valence-electron chi connectivity index (χ4n) is 3.02. The lowest BCUT2D eigenvalue weighted by Crippen LogP contribution is -2.34. The third-order valence-corrected chi connectivity index (χ3v) is 4.52. The number of rotatable bonds is 2. The van der Waals surface area contributed by atoms with Crippen molar-refractivity contribution < 1.29 is 9.21 Å². The predicted octanol–water partition coefficient (Wildman–Crippen LogP) is 2.38. The smallest absolute Gasteiger partial charge is 0.345 e. The molecule has 0 spiro atoms. The molecule has 1 aliphatic heterocycles. The van der Waals surface area contributed by atoms with Crippen LogP contribution in [0.5, 0.6) is 0 Å². The summed E-state index contributed by atoms with van der Waals surface area (Å²) in [5.74, 6) is -0.296. The number of fused-ring (bicyclic) bond motifs is 2. The van der Waals surface area contributed by atoms with Crippen molar-refractivity contribution in [3.8, 4) is 0 Å². The molecule has 0 fully saturated rings. The number of hydrazone groups is 1. The summed E-state index contributed by atoms with van der Waals surface area (Å²) >= 11 is 0. The van der Waals surface area contributed by atoms with Gasteiger partial charge in [-0.05, 0) is 29.5 Å². The zero-order chi connectivity index (χ0) is 17.5. The van der Waals surface area contributed by atoms with E-state index in [1.165, 1.54) is 18.7 Å². The van der Waals surface area contributed by atoms with Crippen LogP contribution in [-0.2, 0) is 10.2 Å². The van der Waals surface area contributed by atoms with Gasteiger partial charge in [0.1, 0.15) is 5.58 Å². The normalized spacial score (nSPS) is 16.4. The van der Waals surface area contributed by atoms with E-state index in [0.29, 0.717) is 11.1 Å². The summed E-state index contributed by atoms with van der Waals surface area (Å²) in [6.45, 7) is 6.77. The van der Waals surface area contributed by atoms with Crippen LogP contribution in [-0.4, -0.2) is 25.7 Å². The molecule has 3 rings (SSSR count). The zero-order valence-electron chi connectivity index (χ0n) is 14.3. The molecule has 126 valence electrons. The topological polar surface area (TPSA) is 74.9 Å². The van der Waals surface area contributed by atoms with Gasteiger partial charge in [-0.15, -0.1) is 0 Å². The number of benzene rings is 1. The molecular weight excluding hydrogens is 306 g/mol. The Labute approximate surface area is 140 Å². The maximum absolute atomic E-state index is 12.1. The van der Waals surface area contributed by atoms with Gasteiger partial charge in [-0.3, -0.25) is 4.79 Å². The maximum atomic E-state index is 12.1. The second kappa shape index (κ2) is 5.78. The number of anilines is 1. The molecular formula is C18H21N3O3. The van der Waals surface area contributed by atoms with E-state index in [2.05, 4.69) is 35.3 Å². The van der Waals surface area contributed by atoms with E-state index in [-0.39, 0.29) is 11.3 Å². The van der Waals surface area contributed by atoms with Gasteiger partial charge < -0.3 is 9.32 Å². The summed E-state index contributed by atoms with van der Waals surface area (Å²) in [4.78, 5) is 25.2. The molecule has 1 amide bonds. The highest BCUT2D eigenvalue weighted by Crippen LogP contribution is 2.40. The van der Waals surface area contributed by atoms with Gasteiger partial charge in [0.05, 0.1) is 11.8 Å². The number of nitrogens with one attached hydrogen (secondary N) is 1. The van der Waals surface area contributed by atoms with Gasteiger partial charge in [0.25, 0.3) is 0 Å². The molecule has 6 heteroatoms. The van der Waals surface area contributed by atoms with Gasteiger partial charge in [0, 0.05) is 37.7 Å². The lowest BCUT2D eigenvalue weighted by Gasteiger charge is -2.38. The van der Waals surface area contributed by atoms with Crippen LogP contribution in [0.2, 0.25) is 0 Å². The second-order valence-electron chi connectivity index (χ2n) is 6.88. The molecule has 0 saturated heterocycles. The van der Waals surface area contributed by atoms with Crippen LogP contribution >= 0.6 is 0 Å². The minimum atomic E-state index is -0.478. The molecule has 1 aromatic carbocycles. The zero-order valence-corrected chi connectivity index (χ0v) is 14.3. The van der Waals surface area contributed by atoms with E-state index < -0.39 is 5.63 Å². The molecule has 1 aliphatic rings. The number of amides is 1. The first-order valence-corrected chi connectivity index (χ1v) is 7.91. The Morgan fingerprint density at radius 3 is 2.83 bits per heavy atom. The van der Waals surface area contributed by atoms with Gasteiger partial charge in [-0.1, -0.05) is 13.8 Å². The van der Waals surface area contributed by atoms with Crippen molar-refractivity contribution in [3.63, 3.8) is 0 Å². The fourth-order valence-corrected chi connectivity index (χ4v) is 3.02. The standard InChI is InChI=1S/C18H21N3O3/c1-11(22)20-19-10-13-7-12-8-14-15(9-16(12)24-17(13)23)21(4)6-5-18(14,2)3/h7-10H,5-6H2,1-4H3,(H,20,22)/b19-10+. The van der Waals surface area contributed by atoms with Gasteiger partial charge in [0.2, 0.25) is 5.91 Å². The van der Waals surface area contributed by atoms with E-state index >= 15 is 0 Å². The Hall–Kier alpha value is -2.63. The minimum absolute atomic E-state index is 0.0661. The highest BCUT2D eigenvalue weighted by atomic mass is 16.4. The van der Waals surface area contributed by atoms with Gasteiger partial charge in [-0.25, -0.2) is 10.2 Å². The number of carbonyl (C=O) groups excluding carboxylic acids is 1. The van der Waals surface area contributed by atoms with Gasteiger partial charge in [0.15, 0.2) is 0 Å². The molecule has 0 atom stereocenters. The molecule has 0 aliphatic carbocycles. The molecule has 1 N–H and O–H groups in total. The van der Waals surface area contributed by atoms with E-state index in [0.717, 1.165) is 24.0 Å². The minimum Gasteiger partial charge on any atom is -0.422 e. The van der Waals surface area contributed by atoms with Crippen LogP contribution in [0.15, 0.2) is 32.5 Å². The van der Waals surface area contributed by atoms with E-state index in [1.807, 2.05) is 13.1 Å². The van der Waals surface area contributed by atoms with Crippen molar-refractivity contribution in [2.45, 2.75) is 32.6 Å². The van der Waals surface area contributed by atoms with Gasteiger partial charge >= 0.3 is 5.63 Å². The van der Waals surface area contributed by atoms with E-state index in [4.69, 9.17) is 4.42 Å². The first-order valence-electron chi connectivity index (χ1n) is 7.91. The van der Waals surface area contributed by atoms with Crippen LogP contribution in [0.1, 0.15) is 38.3 Å². The Balaban J connectivity index is 2.13. The molecule has 24 heavy (non-hydrogen) atoms. The summed E-state index contributed by atoms with van der Waals surface area (Å²) in [5, 5.41) is 4.59. The number of hydrogen-bond donors (Lipinski definition) is 1. The van der Waals surface area contributed by atoms with Gasteiger partial charge in [-0.2, -0.15) is 5.10 Å². The highest BCUT2D eigenvalue weighted by Gasteiger charge is 2.30. The largest absolute Gasteiger partial charge is 0.422 e. The average Bonchev–Trinajstić information content (AvgIpc) is 2.50. The summed E-state index contributed by atoms with van der Waals surface area (Å²) in [6, 6.07) is 5.76. The lowest BCUT2D eigenvalue weighted by molar-refractivity contribution is -0.118. The third kappa shape index (κ3) is 2.91. The first-order chi connectivity index (χ1) is 11.3. The predicted molar refractivity (Wildman–Crippen MR) is 94.8 cm³/mol. The van der Waals surface area contributed by atoms with Crippen molar-refractivity contribution in [2.75, 3.05) is 18.5 Å². The Morgan fingerprint density at radius 2 is 2.12 bits per heavy atom. The monoisotopic (exact) mass is 327 g/mol. The van der Waals surface area contributed by atoms with Crippen LogP contribution in [0.3, 0.4) is 0 Å². The second-order valence-corrected chi connectivity index (χ2v) is 6.88. The molecule has 0 bridgehead atoms. The Kier molecular flexibility index (Phi) is 3.91. The molecule has 2 heterocycles. The molecule has 6 nitrogen and oxygen atoms in total.